The van der Waals surface area contributed by atoms with Crippen molar-refractivity contribution in [2.75, 3.05) is 0 Å². The number of aryl methyl sites for hydroxylation is 1. The Morgan fingerprint density at radius 3 is 2.81 bits per heavy atom. The van der Waals surface area contributed by atoms with Crippen LogP contribution in [-0.4, -0.2) is 9.78 Å². The van der Waals surface area contributed by atoms with Crippen LogP contribution in [0.1, 0.15) is 24.1 Å². The van der Waals surface area contributed by atoms with Crippen LogP contribution in [0.25, 0.3) is 0 Å². The Labute approximate surface area is 99.8 Å². The van der Waals surface area contributed by atoms with E-state index in [2.05, 4.69) is 5.10 Å². The average Bonchev–Trinajstić information content (AvgIpc) is 2.77. The van der Waals surface area contributed by atoms with E-state index in [4.69, 9.17) is 17.3 Å². The number of hydrogen-bond donors (Lipinski definition) is 1. The molecule has 1 aromatic heterocycles. The van der Waals surface area contributed by atoms with Crippen molar-refractivity contribution in [3.8, 4) is 0 Å². The van der Waals surface area contributed by atoms with Crippen molar-refractivity contribution < 1.29 is 0 Å². The number of halogens is 1. The fourth-order valence-electron chi connectivity index (χ4n) is 1.62. The number of rotatable bonds is 3. The van der Waals surface area contributed by atoms with Crippen molar-refractivity contribution >= 4 is 11.6 Å². The molecule has 2 N–H and O–H groups in total. The predicted molar refractivity (Wildman–Crippen MR) is 65.4 cm³/mol. The summed E-state index contributed by atoms with van der Waals surface area (Å²) in [7, 11) is 0. The Morgan fingerprint density at radius 1 is 1.44 bits per heavy atom. The molecule has 2 rings (SSSR count). The Morgan fingerprint density at radius 2 is 2.19 bits per heavy atom. The number of nitrogens with zero attached hydrogens (tertiary/aromatic N) is 2. The van der Waals surface area contributed by atoms with Crippen LogP contribution in [0, 0.1) is 0 Å². The zero-order valence-electron chi connectivity index (χ0n) is 9.10. The van der Waals surface area contributed by atoms with Crippen LogP contribution in [0.2, 0.25) is 5.02 Å². The molecule has 0 aliphatic rings. The number of aromatic nitrogens is 2. The SMILES string of the molecule is CCn1cc(C(N)c2ccccc2Cl)cn1. The van der Waals surface area contributed by atoms with Gasteiger partial charge in [0, 0.05) is 23.3 Å². The quantitative estimate of drug-likeness (QED) is 0.889. The van der Waals surface area contributed by atoms with E-state index in [0.29, 0.717) is 5.02 Å². The third-order valence-electron chi connectivity index (χ3n) is 2.58. The summed E-state index contributed by atoms with van der Waals surface area (Å²) in [4.78, 5) is 0. The molecule has 1 aromatic carbocycles. The molecule has 1 atom stereocenters. The third kappa shape index (κ3) is 2.10. The monoisotopic (exact) mass is 235 g/mol. The molecule has 0 amide bonds. The molecule has 0 aliphatic heterocycles. The maximum atomic E-state index is 6.15. The molecule has 1 unspecified atom stereocenters. The molecule has 4 heteroatoms. The molecule has 16 heavy (non-hydrogen) atoms. The van der Waals surface area contributed by atoms with Gasteiger partial charge >= 0.3 is 0 Å². The first-order chi connectivity index (χ1) is 7.72. The van der Waals surface area contributed by atoms with Crippen LogP contribution in [-0.2, 0) is 6.54 Å². The van der Waals surface area contributed by atoms with Crippen LogP contribution in [0.5, 0.6) is 0 Å². The van der Waals surface area contributed by atoms with Gasteiger partial charge in [0.1, 0.15) is 0 Å². The predicted octanol–water partition coefficient (Wildman–Crippen LogP) is 2.60. The number of hydrogen-bond acceptors (Lipinski definition) is 2. The van der Waals surface area contributed by atoms with Crippen molar-refractivity contribution in [1.82, 2.24) is 9.78 Å². The summed E-state index contributed by atoms with van der Waals surface area (Å²) in [6.45, 7) is 2.88. The Balaban J connectivity index is 2.31. The van der Waals surface area contributed by atoms with E-state index in [1.54, 1.807) is 6.20 Å². The van der Waals surface area contributed by atoms with E-state index in [9.17, 15) is 0 Å². The van der Waals surface area contributed by atoms with Crippen molar-refractivity contribution in [3.63, 3.8) is 0 Å². The Kier molecular flexibility index (Phi) is 3.27. The van der Waals surface area contributed by atoms with Gasteiger partial charge < -0.3 is 5.73 Å². The zero-order valence-corrected chi connectivity index (χ0v) is 9.85. The van der Waals surface area contributed by atoms with Gasteiger partial charge in [-0.2, -0.15) is 5.10 Å². The number of benzene rings is 1. The maximum Gasteiger partial charge on any atom is 0.0597 e. The van der Waals surface area contributed by atoms with Gasteiger partial charge in [0.2, 0.25) is 0 Å². The smallest absolute Gasteiger partial charge is 0.0597 e. The second kappa shape index (κ2) is 4.68. The average molecular weight is 236 g/mol. The molecule has 0 radical (unpaired) electrons. The minimum absolute atomic E-state index is 0.214. The minimum atomic E-state index is -0.214. The van der Waals surface area contributed by atoms with E-state index in [1.807, 2.05) is 42.1 Å². The molecule has 3 nitrogen and oxygen atoms in total. The highest BCUT2D eigenvalue weighted by Gasteiger charge is 2.13. The van der Waals surface area contributed by atoms with E-state index < -0.39 is 0 Å². The molecule has 1 heterocycles. The Bertz CT molecular complexity index is 479. The van der Waals surface area contributed by atoms with Crippen molar-refractivity contribution in [3.05, 3.63) is 52.8 Å². The van der Waals surface area contributed by atoms with E-state index in [0.717, 1.165) is 17.7 Å². The molecule has 0 bridgehead atoms. The summed E-state index contributed by atoms with van der Waals surface area (Å²) >= 11 is 6.10. The van der Waals surface area contributed by atoms with Crippen molar-refractivity contribution in [1.29, 1.82) is 0 Å². The van der Waals surface area contributed by atoms with Crippen LogP contribution in [0.15, 0.2) is 36.7 Å². The second-order valence-corrected chi connectivity index (χ2v) is 4.04. The van der Waals surface area contributed by atoms with Crippen LogP contribution >= 0.6 is 11.6 Å². The Hall–Kier alpha value is -1.32. The lowest BCUT2D eigenvalue weighted by Gasteiger charge is -2.11. The van der Waals surface area contributed by atoms with Gasteiger partial charge in [-0.05, 0) is 18.6 Å². The van der Waals surface area contributed by atoms with Gasteiger partial charge in [-0.1, -0.05) is 29.8 Å². The molecule has 0 aliphatic carbocycles. The first kappa shape index (κ1) is 11.2. The van der Waals surface area contributed by atoms with Gasteiger partial charge in [-0.15, -0.1) is 0 Å². The van der Waals surface area contributed by atoms with Crippen molar-refractivity contribution in [2.45, 2.75) is 19.5 Å². The lowest BCUT2D eigenvalue weighted by Crippen LogP contribution is -2.11. The van der Waals surface area contributed by atoms with Gasteiger partial charge in [-0.25, -0.2) is 0 Å². The third-order valence-corrected chi connectivity index (χ3v) is 2.92. The minimum Gasteiger partial charge on any atom is -0.320 e. The van der Waals surface area contributed by atoms with E-state index >= 15 is 0 Å². The summed E-state index contributed by atoms with van der Waals surface area (Å²) in [5.41, 5.74) is 8.06. The van der Waals surface area contributed by atoms with Gasteiger partial charge in [-0.3, -0.25) is 4.68 Å². The fraction of sp³-hybridized carbons (Fsp3) is 0.250. The molecular weight excluding hydrogens is 222 g/mol. The second-order valence-electron chi connectivity index (χ2n) is 3.63. The highest BCUT2D eigenvalue weighted by molar-refractivity contribution is 6.31. The largest absolute Gasteiger partial charge is 0.320 e. The highest BCUT2D eigenvalue weighted by atomic mass is 35.5. The summed E-state index contributed by atoms with van der Waals surface area (Å²) in [5.74, 6) is 0. The molecule has 2 aromatic rings. The molecule has 0 saturated carbocycles. The maximum absolute atomic E-state index is 6.15. The van der Waals surface area contributed by atoms with Gasteiger partial charge in [0.15, 0.2) is 0 Å². The van der Waals surface area contributed by atoms with E-state index in [1.165, 1.54) is 0 Å². The van der Waals surface area contributed by atoms with Gasteiger partial charge in [0.25, 0.3) is 0 Å². The topological polar surface area (TPSA) is 43.8 Å². The summed E-state index contributed by atoms with van der Waals surface area (Å²) in [5, 5.41) is 4.90. The zero-order chi connectivity index (χ0) is 11.5. The van der Waals surface area contributed by atoms with Crippen LogP contribution in [0.4, 0.5) is 0 Å². The summed E-state index contributed by atoms with van der Waals surface area (Å²) < 4.78 is 1.85. The molecule has 0 saturated heterocycles. The standard InChI is InChI=1S/C12H14ClN3/c1-2-16-8-9(7-15-16)12(14)10-5-3-4-6-11(10)13/h3-8,12H,2,14H2,1H3. The normalized spacial score (nSPS) is 12.7. The molecule has 0 spiro atoms. The van der Waals surface area contributed by atoms with Crippen LogP contribution in [0.3, 0.4) is 0 Å². The first-order valence-electron chi connectivity index (χ1n) is 5.24. The molecular formula is C12H14ClN3. The summed E-state index contributed by atoms with van der Waals surface area (Å²) in [6.07, 6.45) is 3.74. The van der Waals surface area contributed by atoms with E-state index in [-0.39, 0.29) is 6.04 Å². The van der Waals surface area contributed by atoms with Crippen LogP contribution < -0.4 is 5.73 Å². The lowest BCUT2D eigenvalue weighted by molar-refractivity contribution is 0.658. The molecule has 84 valence electrons. The fourth-order valence-corrected chi connectivity index (χ4v) is 1.87. The summed E-state index contributed by atoms with van der Waals surface area (Å²) in [6, 6.07) is 7.41. The van der Waals surface area contributed by atoms with Crippen molar-refractivity contribution in [2.24, 2.45) is 5.73 Å². The first-order valence-corrected chi connectivity index (χ1v) is 5.62. The lowest BCUT2D eigenvalue weighted by atomic mass is 10.0. The molecule has 0 fully saturated rings. The number of nitrogens with two attached hydrogens (primary N) is 1. The van der Waals surface area contributed by atoms with Gasteiger partial charge in [0.05, 0.1) is 12.2 Å². The highest BCUT2D eigenvalue weighted by Crippen LogP contribution is 2.25.